The van der Waals surface area contributed by atoms with Crippen LogP contribution in [0.4, 0.5) is 0 Å². The zero-order valence-electron chi connectivity index (χ0n) is 11.2. The van der Waals surface area contributed by atoms with Crippen molar-refractivity contribution in [2.45, 2.75) is 26.3 Å². The molecule has 3 heteroatoms. The van der Waals surface area contributed by atoms with Crippen LogP contribution in [0.25, 0.3) is 0 Å². The van der Waals surface area contributed by atoms with Crippen LogP contribution in [-0.2, 0) is 17.7 Å². The van der Waals surface area contributed by atoms with Crippen LogP contribution in [0.5, 0.6) is 5.75 Å². The minimum atomic E-state index is 0.546. The second-order valence-electron chi connectivity index (χ2n) is 4.10. The Morgan fingerprint density at radius 3 is 2.78 bits per heavy atom. The molecule has 1 aromatic rings. The fourth-order valence-corrected chi connectivity index (χ4v) is 1.67. The summed E-state index contributed by atoms with van der Waals surface area (Å²) >= 11 is 0. The summed E-state index contributed by atoms with van der Waals surface area (Å²) in [5.74, 6) is 0.896. The van der Waals surface area contributed by atoms with Crippen molar-refractivity contribution in [3.8, 4) is 5.75 Å². The molecule has 0 heterocycles. The van der Waals surface area contributed by atoms with Crippen molar-refractivity contribution < 1.29 is 9.47 Å². The maximum absolute atomic E-state index is 5.72. The lowest BCUT2D eigenvalue weighted by molar-refractivity contribution is 0.100. The molecule has 0 atom stereocenters. The summed E-state index contributed by atoms with van der Waals surface area (Å²) in [4.78, 5) is 0. The monoisotopic (exact) mass is 249 g/mol. The van der Waals surface area contributed by atoms with Crippen LogP contribution < -0.4 is 10.5 Å². The predicted molar refractivity (Wildman–Crippen MR) is 74.8 cm³/mol. The van der Waals surface area contributed by atoms with Gasteiger partial charge in [0.1, 0.15) is 12.4 Å². The Morgan fingerprint density at radius 1 is 1.28 bits per heavy atom. The van der Waals surface area contributed by atoms with E-state index < -0.39 is 0 Å². The first-order valence-electron chi connectivity index (χ1n) is 6.45. The van der Waals surface area contributed by atoms with E-state index in [1.807, 2.05) is 18.2 Å². The van der Waals surface area contributed by atoms with E-state index in [-0.39, 0.29) is 0 Å². The van der Waals surface area contributed by atoms with Crippen molar-refractivity contribution >= 4 is 0 Å². The smallest absolute Gasteiger partial charge is 0.122 e. The van der Waals surface area contributed by atoms with Gasteiger partial charge in [0.05, 0.1) is 6.61 Å². The quantitative estimate of drug-likeness (QED) is 0.540. The SMILES string of the molecule is C=CCc1cc(CN)ccc1OCCOCCC. The zero-order valence-corrected chi connectivity index (χ0v) is 11.2. The van der Waals surface area contributed by atoms with E-state index in [0.29, 0.717) is 19.8 Å². The lowest BCUT2D eigenvalue weighted by atomic mass is 10.1. The molecule has 0 amide bonds. The second kappa shape index (κ2) is 8.72. The molecule has 0 saturated carbocycles. The summed E-state index contributed by atoms with van der Waals surface area (Å²) in [5, 5.41) is 0. The lowest BCUT2D eigenvalue weighted by Crippen LogP contribution is -2.08. The molecule has 0 aliphatic rings. The van der Waals surface area contributed by atoms with E-state index in [1.165, 1.54) is 0 Å². The average Bonchev–Trinajstić information content (AvgIpc) is 2.40. The second-order valence-corrected chi connectivity index (χ2v) is 4.10. The highest BCUT2D eigenvalue weighted by Crippen LogP contribution is 2.21. The summed E-state index contributed by atoms with van der Waals surface area (Å²) in [6, 6.07) is 6.04. The molecule has 0 aliphatic heterocycles. The Morgan fingerprint density at radius 2 is 2.11 bits per heavy atom. The van der Waals surface area contributed by atoms with Gasteiger partial charge in [-0.1, -0.05) is 25.1 Å². The highest BCUT2D eigenvalue weighted by atomic mass is 16.5. The Kier molecular flexibility index (Phi) is 7.14. The molecule has 0 radical (unpaired) electrons. The Balaban J connectivity index is 2.54. The van der Waals surface area contributed by atoms with Crippen LogP contribution in [-0.4, -0.2) is 19.8 Å². The molecule has 1 aromatic carbocycles. The van der Waals surface area contributed by atoms with Gasteiger partial charge < -0.3 is 15.2 Å². The van der Waals surface area contributed by atoms with Gasteiger partial charge in [0.15, 0.2) is 0 Å². The molecule has 0 aliphatic carbocycles. The summed E-state index contributed by atoms with van der Waals surface area (Å²) in [5.41, 5.74) is 7.87. The largest absolute Gasteiger partial charge is 0.491 e. The standard InChI is InChI=1S/C15H23NO2/c1-3-5-14-11-13(12-16)6-7-15(14)18-10-9-17-8-4-2/h3,6-7,11H,1,4-5,8-10,12,16H2,2H3. The van der Waals surface area contributed by atoms with Crippen molar-refractivity contribution in [1.29, 1.82) is 0 Å². The third-order valence-corrected chi connectivity index (χ3v) is 2.56. The molecule has 100 valence electrons. The fourth-order valence-electron chi connectivity index (χ4n) is 1.67. The summed E-state index contributed by atoms with van der Waals surface area (Å²) < 4.78 is 11.1. The number of benzene rings is 1. The highest BCUT2D eigenvalue weighted by molar-refractivity contribution is 5.38. The van der Waals surface area contributed by atoms with Crippen molar-refractivity contribution in [2.24, 2.45) is 5.73 Å². The molecule has 0 bridgehead atoms. The van der Waals surface area contributed by atoms with Crippen LogP contribution in [0.15, 0.2) is 30.9 Å². The van der Waals surface area contributed by atoms with E-state index in [2.05, 4.69) is 19.6 Å². The van der Waals surface area contributed by atoms with E-state index in [4.69, 9.17) is 15.2 Å². The summed E-state index contributed by atoms with van der Waals surface area (Å²) in [6.45, 7) is 8.39. The number of allylic oxidation sites excluding steroid dienone is 1. The Labute approximate surface area is 110 Å². The van der Waals surface area contributed by atoms with E-state index >= 15 is 0 Å². The van der Waals surface area contributed by atoms with Gasteiger partial charge >= 0.3 is 0 Å². The molecule has 0 saturated heterocycles. The number of hydrogen-bond donors (Lipinski definition) is 1. The van der Waals surface area contributed by atoms with Crippen molar-refractivity contribution in [3.63, 3.8) is 0 Å². The zero-order chi connectivity index (χ0) is 13.2. The van der Waals surface area contributed by atoms with Crippen LogP contribution in [0.3, 0.4) is 0 Å². The summed E-state index contributed by atoms with van der Waals surface area (Å²) in [7, 11) is 0. The van der Waals surface area contributed by atoms with Gasteiger partial charge in [0, 0.05) is 13.2 Å². The Bertz CT molecular complexity index is 364. The first kappa shape index (κ1) is 14.7. The normalized spacial score (nSPS) is 10.3. The maximum Gasteiger partial charge on any atom is 0.122 e. The number of nitrogens with two attached hydrogens (primary N) is 1. The fraction of sp³-hybridized carbons (Fsp3) is 0.467. The minimum Gasteiger partial charge on any atom is -0.491 e. The number of hydrogen-bond acceptors (Lipinski definition) is 3. The topological polar surface area (TPSA) is 44.5 Å². The van der Waals surface area contributed by atoms with Crippen LogP contribution >= 0.6 is 0 Å². The molecule has 0 fully saturated rings. The van der Waals surface area contributed by atoms with Crippen molar-refractivity contribution in [1.82, 2.24) is 0 Å². The van der Waals surface area contributed by atoms with Gasteiger partial charge in [-0.15, -0.1) is 6.58 Å². The molecule has 0 unspecified atom stereocenters. The molecule has 0 spiro atoms. The minimum absolute atomic E-state index is 0.546. The average molecular weight is 249 g/mol. The Hall–Kier alpha value is -1.32. The summed E-state index contributed by atoms with van der Waals surface area (Å²) in [6.07, 6.45) is 3.70. The maximum atomic E-state index is 5.72. The molecule has 0 aromatic heterocycles. The number of ether oxygens (including phenoxy) is 2. The van der Waals surface area contributed by atoms with Gasteiger partial charge in [-0.2, -0.15) is 0 Å². The first-order chi connectivity index (χ1) is 8.81. The van der Waals surface area contributed by atoms with Crippen molar-refractivity contribution in [3.05, 3.63) is 42.0 Å². The molecule has 2 N–H and O–H groups in total. The van der Waals surface area contributed by atoms with E-state index in [9.17, 15) is 0 Å². The molecule has 3 nitrogen and oxygen atoms in total. The third-order valence-electron chi connectivity index (χ3n) is 2.56. The van der Waals surface area contributed by atoms with Crippen LogP contribution in [0.1, 0.15) is 24.5 Å². The van der Waals surface area contributed by atoms with E-state index in [1.54, 1.807) is 0 Å². The van der Waals surface area contributed by atoms with Gasteiger partial charge in [-0.3, -0.25) is 0 Å². The lowest BCUT2D eigenvalue weighted by Gasteiger charge is -2.12. The van der Waals surface area contributed by atoms with Gasteiger partial charge in [-0.05, 0) is 30.0 Å². The van der Waals surface area contributed by atoms with Crippen LogP contribution in [0.2, 0.25) is 0 Å². The van der Waals surface area contributed by atoms with Gasteiger partial charge in [0.25, 0.3) is 0 Å². The molecule has 1 rings (SSSR count). The van der Waals surface area contributed by atoms with Crippen LogP contribution in [0, 0.1) is 0 Å². The molecule has 18 heavy (non-hydrogen) atoms. The first-order valence-corrected chi connectivity index (χ1v) is 6.45. The van der Waals surface area contributed by atoms with Gasteiger partial charge in [0.2, 0.25) is 0 Å². The molecular weight excluding hydrogens is 226 g/mol. The third kappa shape index (κ3) is 4.90. The van der Waals surface area contributed by atoms with Crippen molar-refractivity contribution in [2.75, 3.05) is 19.8 Å². The van der Waals surface area contributed by atoms with E-state index in [0.717, 1.165) is 36.3 Å². The molecular formula is C15H23NO2. The van der Waals surface area contributed by atoms with Gasteiger partial charge in [-0.25, -0.2) is 0 Å². The number of rotatable bonds is 9. The predicted octanol–water partition coefficient (Wildman–Crippen LogP) is 2.68. The highest BCUT2D eigenvalue weighted by Gasteiger charge is 2.03.